The van der Waals surface area contributed by atoms with Crippen LogP contribution in [0.25, 0.3) is 10.8 Å². The summed E-state index contributed by atoms with van der Waals surface area (Å²) in [6, 6.07) is 15.1. The van der Waals surface area contributed by atoms with Crippen molar-refractivity contribution in [3.63, 3.8) is 0 Å². The molecule has 0 bridgehead atoms. The van der Waals surface area contributed by atoms with Gasteiger partial charge >= 0.3 is 0 Å². The second-order valence-electron chi connectivity index (χ2n) is 4.20. The second kappa shape index (κ2) is 5.42. The fraction of sp³-hybridized carbons (Fsp3) is 0. The van der Waals surface area contributed by atoms with E-state index < -0.39 is 10.8 Å². The highest BCUT2D eigenvalue weighted by atomic mass is 79.9. The minimum absolute atomic E-state index is 0.349. The monoisotopic (exact) mass is 349 g/mol. The Kier molecular flexibility index (Phi) is 3.63. The van der Waals surface area contributed by atoms with Gasteiger partial charge in [-0.15, -0.1) is 0 Å². The van der Waals surface area contributed by atoms with Crippen LogP contribution < -0.4 is 0 Å². The third-order valence-electron chi connectivity index (χ3n) is 2.89. The molecular weight excluding hydrogens is 341 g/mol. The van der Waals surface area contributed by atoms with E-state index in [4.69, 9.17) is 0 Å². The average molecular weight is 350 g/mol. The van der Waals surface area contributed by atoms with E-state index in [1.807, 2.05) is 24.3 Å². The zero-order chi connectivity index (χ0) is 14.1. The topological polar surface area (TPSA) is 30.0 Å². The fourth-order valence-corrected chi connectivity index (χ4v) is 3.61. The lowest BCUT2D eigenvalue weighted by atomic mass is 10.2. The summed E-state index contributed by atoms with van der Waals surface area (Å²) in [4.78, 5) is 4.85. The third kappa shape index (κ3) is 2.51. The van der Waals surface area contributed by atoms with Crippen LogP contribution in [-0.4, -0.2) is 9.19 Å². The number of pyridine rings is 1. The smallest absolute Gasteiger partial charge is 0.134 e. The Bertz CT molecular complexity index is 805. The van der Waals surface area contributed by atoms with Gasteiger partial charge in [-0.3, -0.25) is 0 Å². The van der Waals surface area contributed by atoms with Gasteiger partial charge in [0.1, 0.15) is 26.2 Å². The van der Waals surface area contributed by atoms with E-state index in [0.29, 0.717) is 14.5 Å². The first-order valence-corrected chi connectivity index (χ1v) is 7.82. The van der Waals surface area contributed by atoms with Crippen molar-refractivity contribution in [3.05, 3.63) is 65.0 Å². The van der Waals surface area contributed by atoms with Crippen molar-refractivity contribution in [3.8, 4) is 0 Å². The number of hydrogen-bond acceptors (Lipinski definition) is 2. The quantitative estimate of drug-likeness (QED) is 0.645. The Hall–Kier alpha value is -1.59. The van der Waals surface area contributed by atoms with Gasteiger partial charge in [-0.2, -0.15) is 0 Å². The Balaban J connectivity index is 2.10. The molecule has 3 aromatic rings. The van der Waals surface area contributed by atoms with Crippen LogP contribution in [0.2, 0.25) is 0 Å². The first-order chi connectivity index (χ1) is 9.65. The van der Waals surface area contributed by atoms with Crippen LogP contribution >= 0.6 is 15.9 Å². The number of fused-ring (bicyclic) bond motifs is 1. The molecule has 0 saturated carbocycles. The van der Waals surface area contributed by atoms with Crippen molar-refractivity contribution in [2.45, 2.75) is 9.92 Å². The van der Waals surface area contributed by atoms with Crippen LogP contribution in [-0.2, 0) is 10.8 Å². The summed E-state index contributed by atoms with van der Waals surface area (Å²) >= 11 is 3.39. The number of nitrogens with zero attached hydrogens (tertiary/aromatic N) is 1. The maximum atomic E-state index is 12.9. The molecule has 0 fully saturated rings. The van der Waals surface area contributed by atoms with Crippen LogP contribution in [0.3, 0.4) is 0 Å². The molecule has 0 spiro atoms. The minimum Gasteiger partial charge on any atom is -0.247 e. The molecule has 1 aromatic heterocycles. The molecule has 2 aromatic carbocycles. The van der Waals surface area contributed by atoms with Crippen molar-refractivity contribution < 1.29 is 8.60 Å². The molecule has 0 aliphatic rings. The van der Waals surface area contributed by atoms with Gasteiger partial charge in [-0.25, -0.2) is 13.6 Å². The van der Waals surface area contributed by atoms with Crippen molar-refractivity contribution in [2.75, 3.05) is 0 Å². The first-order valence-electron chi connectivity index (χ1n) is 5.88. The molecule has 0 aliphatic heterocycles. The van der Waals surface area contributed by atoms with E-state index >= 15 is 0 Å². The van der Waals surface area contributed by atoms with E-state index in [2.05, 4.69) is 20.9 Å². The molecule has 20 heavy (non-hydrogen) atoms. The molecular formula is C15H9BrFNOS. The van der Waals surface area contributed by atoms with Gasteiger partial charge in [-0.1, -0.05) is 24.3 Å². The summed E-state index contributed by atoms with van der Waals surface area (Å²) in [6.07, 6.45) is 0. The zero-order valence-corrected chi connectivity index (χ0v) is 12.6. The minimum atomic E-state index is -1.43. The standard InChI is InChI=1S/C15H9BrFNOS/c16-15-13-4-2-1-3-10(13)9-14(18-15)20(19)12-7-5-11(17)6-8-12/h1-9H/t20-/m1/s1. The molecule has 0 amide bonds. The maximum Gasteiger partial charge on any atom is 0.134 e. The third-order valence-corrected chi connectivity index (χ3v) is 4.78. The molecule has 2 nitrogen and oxygen atoms in total. The van der Waals surface area contributed by atoms with Crippen molar-refractivity contribution in [1.82, 2.24) is 4.98 Å². The molecule has 0 unspecified atom stereocenters. The fourth-order valence-electron chi connectivity index (χ4n) is 1.91. The summed E-state index contributed by atoms with van der Waals surface area (Å²) in [6.45, 7) is 0. The van der Waals surface area contributed by atoms with E-state index in [9.17, 15) is 8.60 Å². The lowest BCUT2D eigenvalue weighted by molar-refractivity contribution is 0.626. The molecule has 5 heteroatoms. The van der Waals surface area contributed by atoms with Crippen LogP contribution in [0.5, 0.6) is 0 Å². The Morgan fingerprint density at radius 2 is 1.75 bits per heavy atom. The first kappa shape index (κ1) is 13.4. The molecule has 1 atom stereocenters. The van der Waals surface area contributed by atoms with Crippen LogP contribution in [0.4, 0.5) is 4.39 Å². The summed E-state index contributed by atoms with van der Waals surface area (Å²) in [7, 11) is -1.43. The Labute approximate surface area is 126 Å². The lowest BCUT2D eigenvalue weighted by Crippen LogP contribution is -1.97. The van der Waals surface area contributed by atoms with Gasteiger partial charge < -0.3 is 0 Å². The van der Waals surface area contributed by atoms with Gasteiger partial charge in [0.2, 0.25) is 0 Å². The largest absolute Gasteiger partial charge is 0.247 e. The second-order valence-corrected chi connectivity index (χ2v) is 6.37. The van der Waals surface area contributed by atoms with Gasteiger partial charge in [0, 0.05) is 10.3 Å². The van der Waals surface area contributed by atoms with Crippen molar-refractivity contribution >= 4 is 37.5 Å². The van der Waals surface area contributed by atoms with Gasteiger partial charge in [0.05, 0.1) is 0 Å². The SMILES string of the molecule is O=[S@](c1ccc(F)cc1)c1cc2ccccc2c(Br)n1. The van der Waals surface area contributed by atoms with E-state index in [1.165, 1.54) is 24.3 Å². The number of hydrogen-bond donors (Lipinski definition) is 0. The molecule has 0 N–H and O–H groups in total. The van der Waals surface area contributed by atoms with Crippen LogP contribution in [0.15, 0.2) is 69.1 Å². The van der Waals surface area contributed by atoms with E-state index in [-0.39, 0.29) is 5.82 Å². The molecule has 1 heterocycles. The Morgan fingerprint density at radius 1 is 1.05 bits per heavy atom. The molecule has 0 radical (unpaired) electrons. The molecule has 3 rings (SSSR count). The molecule has 0 saturated heterocycles. The molecule has 0 aliphatic carbocycles. The summed E-state index contributed by atoms with van der Waals surface area (Å²) < 4.78 is 26.0. The van der Waals surface area contributed by atoms with Gasteiger partial charge in [0.15, 0.2) is 0 Å². The number of halogens is 2. The number of aromatic nitrogens is 1. The molecule has 100 valence electrons. The van der Waals surface area contributed by atoms with Gasteiger partial charge in [-0.05, 0) is 51.6 Å². The highest BCUT2D eigenvalue weighted by Gasteiger charge is 2.11. The highest BCUT2D eigenvalue weighted by molar-refractivity contribution is 9.10. The highest BCUT2D eigenvalue weighted by Crippen LogP contribution is 2.25. The van der Waals surface area contributed by atoms with Crippen LogP contribution in [0.1, 0.15) is 0 Å². The lowest BCUT2D eigenvalue weighted by Gasteiger charge is -2.05. The van der Waals surface area contributed by atoms with Gasteiger partial charge in [0.25, 0.3) is 0 Å². The van der Waals surface area contributed by atoms with Crippen LogP contribution in [0, 0.1) is 5.82 Å². The summed E-state index contributed by atoms with van der Waals surface area (Å²) in [5.74, 6) is -0.349. The maximum absolute atomic E-state index is 12.9. The van der Waals surface area contributed by atoms with E-state index in [0.717, 1.165) is 10.8 Å². The number of benzene rings is 2. The van der Waals surface area contributed by atoms with Crippen molar-refractivity contribution in [2.24, 2.45) is 0 Å². The Morgan fingerprint density at radius 3 is 2.50 bits per heavy atom. The number of rotatable bonds is 2. The normalized spacial score (nSPS) is 12.5. The van der Waals surface area contributed by atoms with E-state index in [1.54, 1.807) is 6.07 Å². The van der Waals surface area contributed by atoms with Crippen molar-refractivity contribution in [1.29, 1.82) is 0 Å². The average Bonchev–Trinajstić information content (AvgIpc) is 2.47. The predicted molar refractivity (Wildman–Crippen MR) is 80.5 cm³/mol. The zero-order valence-electron chi connectivity index (χ0n) is 10.2. The predicted octanol–water partition coefficient (Wildman–Crippen LogP) is 4.30. The summed E-state index contributed by atoms with van der Waals surface area (Å²) in [5, 5.41) is 2.37. The summed E-state index contributed by atoms with van der Waals surface area (Å²) in [5.41, 5.74) is 0.